The molecule has 2 aromatic rings. The lowest BCUT2D eigenvalue weighted by Crippen LogP contribution is -2.03. The van der Waals surface area contributed by atoms with Gasteiger partial charge in [-0.25, -0.2) is 4.79 Å². The molecule has 3 heteroatoms. The third kappa shape index (κ3) is 3.77. The number of aromatic nitrogens is 1. The Bertz CT molecular complexity index is 682. The fraction of sp³-hybridized carbons (Fsp3) is 0.550. The van der Waals surface area contributed by atoms with Crippen molar-refractivity contribution < 1.29 is 9.90 Å². The molecule has 0 aliphatic carbocycles. The highest BCUT2D eigenvalue weighted by molar-refractivity contribution is 5.97. The largest absolute Gasteiger partial charge is 0.478 e. The van der Waals surface area contributed by atoms with Gasteiger partial charge in [0.15, 0.2) is 0 Å². The molecule has 1 aromatic carbocycles. The van der Waals surface area contributed by atoms with Crippen molar-refractivity contribution >= 4 is 16.9 Å². The average Bonchev–Trinajstić information content (AvgIpc) is 2.87. The molecule has 0 amide bonds. The van der Waals surface area contributed by atoms with Crippen LogP contribution in [0.1, 0.15) is 80.8 Å². The molecule has 0 bridgehead atoms. The SMILES string of the molecule is CCCCc1cn(CCCC)c2c(C(C)C)cc(C(=O)O)cc12. The van der Waals surface area contributed by atoms with E-state index >= 15 is 0 Å². The predicted molar refractivity (Wildman–Crippen MR) is 96.5 cm³/mol. The molecule has 1 aromatic heterocycles. The summed E-state index contributed by atoms with van der Waals surface area (Å²) < 4.78 is 2.35. The van der Waals surface area contributed by atoms with Crippen LogP contribution < -0.4 is 0 Å². The Kier molecular flexibility index (Phi) is 5.86. The van der Waals surface area contributed by atoms with Crippen LogP contribution in [0.4, 0.5) is 0 Å². The van der Waals surface area contributed by atoms with E-state index < -0.39 is 5.97 Å². The maximum Gasteiger partial charge on any atom is 0.335 e. The van der Waals surface area contributed by atoms with Gasteiger partial charge in [-0.15, -0.1) is 0 Å². The number of carbonyl (C=O) groups is 1. The molecular weight excluding hydrogens is 286 g/mol. The third-order valence-corrected chi connectivity index (χ3v) is 4.51. The minimum atomic E-state index is -0.837. The van der Waals surface area contributed by atoms with E-state index in [0.29, 0.717) is 11.5 Å². The molecule has 126 valence electrons. The Morgan fingerprint density at radius 3 is 2.43 bits per heavy atom. The number of carboxylic acids is 1. The first-order chi connectivity index (χ1) is 11.0. The summed E-state index contributed by atoms with van der Waals surface area (Å²) in [5, 5.41) is 10.6. The number of aryl methyl sites for hydroxylation is 2. The van der Waals surface area contributed by atoms with Gasteiger partial charge in [0.25, 0.3) is 0 Å². The number of fused-ring (bicyclic) bond motifs is 1. The molecule has 0 atom stereocenters. The molecule has 0 fully saturated rings. The summed E-state index contributed by atoms with van der Waals surface area (Å²) in [5.41, 5.74) is 4.10. The highest BCUT2D eigenvalue weighted by atomic mass is 16.4. The molecule has 0 unspecified atom stereocenters. The van der Waals surface area contributed by atoms with Crippen LogP contribution in [0.5, 0.6) is 0 Å². The van der Waals surface area contributed by atoms with E-state index in [9.17, 15) is 9.90 Å². The first-order valence-electron chi connectivity index (χ1n) is 8.88. The Labute approximate surface area is 139 Å². The van der Waals surface area contributed by atoms with Gasteiger partial charge >= 0.3 is 5.97 Å². The number of aromatic carboxylic acids is 1. The van der Waals surface area contributed by atoms with Crippen LogP contribution in [-0.2, 0) is 13.0 Å². The van der Waals surface area contributed by atoms with E-state index in [1.807, 2.05) is 12.1 Å². The minimum absolute atomic E-state index is 0.311. The maximum atomic E-state index is 11.5. The van der Waals surface area contributed by atoms with Crippen LogP contribution in [0.3, 0.4) is 0 Å². The number of carboxylic acid groups (broad SMARTS) is 1. The van der Waals surface area contributed by atoms with Crippen LogP contribution >= 0.6 is 0 Å². The van der Waals surface area contributed by atoms with Crippen molar-refractivity contribution in [3.05, 3.63) is 35.0 Å². The van der Waals surface area contributed by atoms with Gasteiger partial charge in [-0.05, 0) is 48.4 Å². The summed E-state index contributed by atoms with van der Waals surface area (Å²) in [4.78, 5) is 11.5. The summed E-state index contributed by atoms with van der Waals surface area (Å²) >= 11 is 0. The summed E-state index contributed by atoms with van der Waals surface area (Å²) in [5.74, 6) is -0.525. The average molecular weight is 315 g/mol. The van der Waals surface area contributed by atoms with Crippen LogP contribution in [0.25, 0.3) is 10.9 Å². The van der Waals surface area contributed by atoms with Crippen molar-refractivity contribution in [1.29, 1.82) is 0 Å². The number of hydrogen-bond donors (Lipinski definition) is 1. The van der Waals surface area contributed by atoms with Crippen LogP contribution in [0, 0.1) is 0 Å². The second-order valence-electron chi connectivity index (χ2n) is 6.73. The smallest absolute Gasteiger partial charge is 0.335 e. The van der Waals surface area contributed by atoms with Gasteiger partial charge in [0.05, 0.1) is 11.1 Å². The zero-order valence-electron chi connectivity index (χ0n) is 14.9. The zero-order chi connectivity index (χ0) is 17.0. The molecule has 1 heterocycles. The molecule has 3 nitrogen and oxygen atoms in total. The normalized spacial score (nSPS) is 11.5. The van der Waals surface area contributed by atoms with Crippen molar-refractivity contribution in [2.45, 2.75) is 72.3 Å². The van der Waals surface area contributed by atoms with Gasteiger partial charge in [-0.2, -0.15) is 0 Å². The third-order valence-electron chi connectivity index (χ3n) is 4.51. The Balaban J connectivity index is 2.68. The van der Waals surface area contributed by atoms with E-state index in [0.717, 1.165) is 49.6 Å². The van der Waals surface area contributed by atoms with E-state index in [-0.39, 0.29) is 0 Å². The molecule has 0 spiro atoms. The molecule has 0 aliphatic rings. The van der Waals surface area contributed by atoms with Crippen molar-refractivity contribution in [2.75, 3.05) is 0 Å². The fourth-order valence-corrected chi connectivity index (χ4v) is 3.18. The van der Waals surface area contributed by atoms with E-state index in [4.69, 9.17) is 0 Å². The first kappa shape index (κ1) is 17.6. The van der Waals surface area contributed by atoms with Crippen LogP contribution in [-0.4, -0.2) is 15.6 Å². The summed E-state index contributed by atoms with van der Waals surface area (Å²) in [6, 6.07) is 3.73. The number of benzene rings is 1. The molecule has 2 rings (SSSR count). The van der Waals surface area contributed by atoms with Gasteiger partial charge in [0.2, 0.25) is 0 Å². The number of nitrogens with zero attached hydrogens (tertiary/aromatic N) is 1. The maximum absolute atomic E-state index is 11.5. The Morgan fingerprint density at radius 1 is 1.17 bits per heavy atom. The van der Waals surface area contributed by atoms with Crippen LogP contribution in [0.2, 0.25) is 0 Å². The molecule has 0 saturated carbocycles. The Morgan fingerprint density at radius 2 is 1.87 bits per heavy atom. The predicted octanol–water partition coefficient (Wildman–Crippen LogP) is 5.61. The molecular formula is C20H29NO2. The lowest BCUT2D eigenvalue weighted by molar-refractivity contribution is 0.0697. The van der Waals surface area contributed by atoms with Crippen molar-refractivity contribution in [3.63, 3.8) is 0 Å². The highest BCUT2D eigenvalue weighted by Gasteiger charge is 2.17. The van der Waals surface area contributed by atoms with E-state index in [1.54, 1.807) is 0 Å². The standard InChI is InChI=1S/C20H29NO2/c1-5-7-9-15-13-21(10-8-6-2)19-17(14(3)4)11-16(20(22)23)12-18(15)19/h11-14H,5-10H2,1-4H3,(H,22,23). The summed E-state index contributed by atoms with van der Waals surface area (Å²) in [6.45, 7) is 9.69. The first-order valence-corrected chi connectivity index (χ1v) is 8.88. The fourth-order valence-electron chi connectivity index (χ4n) is 3.18. The van der Waals surface area contributed by atoms with Crippen LogP contribution in [0.15, 0.2) is 18.3 Å². The lowest BCUT2D eigenvalue weighted by atomic mass is 9.95. The van der Waals surface area contributed by atoms with Crippen molar-refractivity contribution in [3.8, 4) is 0 Å². The van der Waals surface area contributed by atoms with Gasteiger partial charge in [0.1, 0.15) is 0 Å². The van der Waals surface area contributed by atoms with Gasteiger partial charge in [0, 0.05) is 18.1 Å². The molecule has 23 heavy (non-hydrogen) atoms. The second-order valence-corrected chi connectivity index (χ2v) is 6.73. The zero-order valence-corrected chi connectivity index (χ0v) is 14.9. The van der Waals surface area contributed by atoms with Gasteiger partial charge in [-0.1, -0.05) is 40.5 Å². The van der Waals surface area contributed by atoms with Crippen molar-refractivity contribution in [1.82, 2.24) is 4.57 Å². The lowest BCUT2D eigenvalue weighted by Gasteiger charge is -2.13. The quantitative estimate of drug-likeness (QED) is 0.688. The van der Waals surface area contributed by atoms with E-state index in [2.05, 4.69) is 38.5 Å². The Hall–Kier alpha value is -1.77. The van der Waals surface area contributed by atoms with Crippen molar-refractivity contribution in [2.24, 2.45) is 0 Å². The highest BCUT2D eigenvalue weighted by Crippen LogP contribution is 2.32. The molecule has 0 radical (unpaired) electrons. The monoisotopic (exact) mass is 315 g/mol. The molecule has 0 aliphatic heterocycles. The number of rotatable bonds is 8. The number of unbranched alkanes of at least 4 members (excludes halogenated alkanes) is 2. The molecule has 0 saturated heterocycles. The van der Waals surface area contributed by atoms with Gasteiger partial charge in [-0.3, -0.25) is 0 Å². The number of hydrogen-bond acceptors (Lipinski definition) is 1. The van der Waals surface area contributed by atoms with Gasteiger partial charge < -0.3 is 9.67 Å². The second kappa shape index (κ2) is 7.67. The summed E-state index contributed by atoms with van der Waals surface area (Å²) in [6.07, 6.45) is 7.88. The molecule has 1 N–H and O–H groups in total. The minimum Gasteiger partial charge on any atom is -0.478 e. The van der Waals surface area contributed by atoms with E-state index in [1.165, 1.54) is 11.1 Å². The summed E-state index contributed by atoms with van der Waals surface area (Å²) in [7, 11) is 0. The topological polar surface area (TPSA) is 42.2 Å².